The minimum Gasteiger partial charge on any atom is -0.228 e. The Balaban J connectivity index is 1.44. The van der Waals surface area contributed by atoms with Gasteiger partial charge < -0.3 is 0 Å². The second-order valence-corrected chi connectivity index (χ2v) is 12.2. The largest absolute Gasteiger partial charge is 0.228 e. The molecule has 1 aliphatic carbocycles. The van der Waals surface area contributed by atoms with Gasteiger partial charge in [0, 0.05) is 36.9 Å². The summed E-state index contributed by atoms with van der Waals surface area (Å²) in [4.78, 5) is 10.3. The topological polar surface area (TPSA) is 25.8 Å². The SMILES string of the molecule is CC1C=C(c2cc(-c3cc(-c4ccccc4)nc(-c4ccccc4)n3)c3c(c2)sc2ccccc23)c2ccccc2C1. The number of aromatic nitrogens is 2. The molecule has 0 bridgehead atoms. The summed E-state index contributed by atoms with van der Waals surface area (Å²) in [6, 6.07) is 45.3. The number of rotatable bonds is 4. The molecular formula is C39H28N2S. The third-order valence-corrected chi connectivity index (χ3v) is 9.31. The molecule has 7 aromatic rings. The van der Waals surface area contributed by atoms with E-state index in [1.54, 1.807) is 0 Å². The minimum atomic E-state index is 0.477. The van der Waals surface area contributed by atoms with E-state index in [-0.39, 0.29) is 0 Å². The lowest BCUT2D eigenvalue weighted by Crippen LogP contribution is -2.08. The van der Waals surface area contributed by atoms with Crippen LogP contribution in [0.1, 0.15) is 23.6 Å². The smallest absolute Gasteiger partial charge is 0.160 e. The van der Waals surface area contributed by atoms with Crippen molar-refractivity contribution >= 4 is 37.1 Å². The van der Waals surface area contributed by atoms with Crippen molar-refractivity contribution in [2.24, 2.45) is 5.92 Å². The Morgan fingerprint density at radius 2 is 1.29 bits per heavy atom. The van der Waals surface area contributed by atoms with Gasteiger partial charge in [0.1, 0.15) is 0 Å². The standard InChI is InChI=1S/C39H28N2S/c1-25-20-28-16-8-9-17-30(28)32(21-25)29-22-33(38-31-18-10-11-19-36(31)42-37(38)23-29)35-24-34(26-12-4-2-5-13-26)40-39(41-35)27-14-6-3-7-15-27/h2-19,21-25H,20H2,1H3. The van der Waals surface area contributed by atoms with Crippen LogP contribution >= 0.6 is 11.3 Å². The maximum Gasteiger partial charge on any atom is 0.160 e. The van der Waals surface area contributed by atoms with Crippen molar-refractivity contribution in [2.45, 2.75) is 13.3 Å². The van der Waals surface area contributed by atoms with Crippen molar-refractivity contribution in [1.29, 1.82) is 0 Å². The number of thiophene rings is 1. The fourth-order valence-electron chi connectivity index (χ4n) is 6.26. The van der Waals surface area contributed by atoms with E-state index in [2.05, 4.69) is 116 Å². The summed E-state index contributed by atoms with van der Waals surface area (Å²) in [5.74, 6) is 1.21. The number of allylic oxidation sites excluding steroid dienone is 1. The number of benzene rings is 5. The monoisotopic (exact) mass is 556 g/mol. The van der Waals surface area contributed by atoms with Crippen molar-refractivity contribution in [3.05, 3.63) is 150 Å². The highest BCUT2D eigenvalue weighted by molar-refractivity contribution is 7.26. The first-order chi connectivity index (χ1) is 20.7. The first kappa shape index (κ1) is 24.9. The van der Waals surface area contributed by atoms with Crippen molar-refractivity contribution in [1.82, 2.24) is 9.97 Å². The van der Waals surface area contributed by atoms with Crippen LogP contribution in [-0.4, -0.2) is 9.97 Å². The summed E-state index contributed by atoms with van der Waals surface area (Å²) in [6.45, 7) is 2.32. The molecule has 1 unspecified atom stereocenters. The fourth-order valence-corrected chi connectivity index (χ4v) is 7.43. The molecule has 2 aromatic heterocycles. The van der Waals surface area contributed by atoms with Gasteiger partial charge >= 0.3 is 0 Å². The Morgan fingerprint density at radius 3 is 2.12 bits per heavy atom. The summed E-state index contributed by atoms with van der Waals surface area (Å²) in [7, 11) is 0. The Labute approximate surface area is 249 Å². The van der Waals surface area contributed by atoms with Crippen molar-refractivity contribution in [3.8, 4) is 33.9 Å². The van der Waals surface area contributed by atoms with Crippen LogP contribution in [0.3, 0.4) is 0 Å². The summed E-state index contributed by atoms with van der Waals surface area (Å²) >= 11 is 1.86. The molecule has 1 aliphatic rings. The van der Waals surface area contributed by atoms with Gasteiger partial charge in [-0.2, -0.15) is 0 Å². The van der Waals surface area contributed by atoms with E-state index in [0.717, 1.165) is 40.3 Å². The lowest BCUT2D eigenvalue weighted by Gasteiger charge is -2.23. The number of fused-ring (bicyclic) bond motifs is 4. The molecule has 0 fully saturated rings. The zero-order valence-corrected chi connectivity index (χ0v) is 24.1. The molecule has 0 amide bonds. The molecule has 5 aromatic carbocycles. The first-order valence-corrected chi connectivity index (χ1v) is 15.3. The molecule has 2 nitrogen and oxygen atoms in total. The molecule has 8 rings (SSSR count). The van der Waals surface area contributed by atoms with Gasteiger partial charge in [-0.15, -0.1) is 11.3 Å². The molecule has 0 radical (unpaired) electrons. The van der Waals surface area contributed by atoms with Crippen LogP contribution in [0.25, 0.3) is 59.6 Å². The molecule has 2 heterocycles. The highest BCUT2D eigenvalue weighted by Crippen LogP contribution is 2.44. The minimum absolute atomic E-state index is 0.477. The van der Waals surface area contributed by atoms with E-state index in [0.29, 0.717) is 5.92 Å². The normalized spacial score (nSPS) is 14.6. The van der Waals surface area contributed by atoms with Crippen LogP contribution in [0.2, 0.25) is 0 Å². The molecule has 0 saturated heterocycles. The molecule has 0 N–H and O–H groups in total. The molecule has 3 heteroatoms. The number of hydrogen-bond donors (Lipinski definition) is 0. The van der Waals surface area contributed by atoms with E-state index < -0.39 is 0 Å². The van der Waals surface area contributed by atoms with Gasteiger partial charge in [-0.05, 0) is 58.9 Å². The quantitative estimate of drug-likeness (QED) is 0.215. The first-order valence-electron chi connectivity index (χ1n) is 14.5. The lowest BCUT2D eigenvalue weighted by atomic mass is 9.82. The molecule has 42 heavy (non-hydrogen) atoms. The molecular weight excluding hydrogens is 529 g/mol. The Hall–Kier alpha value is -4.86. The average molecular weight is 557 g/mol. The van der Waals surface area contributed by atoms with Gasteiger partial charge in [0.05, 0.1) is 11.4 Å². The maximum absolute atomic E-state index is 5.26. The predicted octanol–water partition coefficient (Wildman–Crippen LogP) is 10.5. The predicted molar refractivity (Wildman–Crippen MR) is 178 cm³/mol. The Morgan fingerprint density at radius 1 is 0.595 bits per heavy atom. The lowest BCUT2D eigenvalue weighted by molar-refractivity contribution is 0.714. The van der Waals surface area contributed by atoms with Crippen LogP contribution in [-0.2, 0) is 6.42 Å². The van der Waals surface area contributed by atoms with Crippen molar-refractivity contribution in [2.75, 3.05) is 0 Å². The van der Waals surface area contributed by atoms with E-state index in [9.17, 15) is 0 Å². The van der Waals surface area contributed by atoms with Crippen molar-refractivity contribution < 1.29 is 0 Å². The second-order valence-electron chi connectivity index (χ2n) is 11.1. The van der Waals surface area contributed by atoms with Crippen LogP contribution in [0, 0.1) is 5.92 Å². The highest BCUT2D eigenvalue weighted by atomic mass is 32.1. The van der Waals surface area contributed by atoms with Gasteiger partial charge in [0.25, 0.3) is 0 Å². The van der Waals surface area contributed by atoms with Crippen LogP contribution in [0.4, 0.5) is 0 Å². The van der Waals surface area contributed by atoms with Crippen molar-refractivity contribution in [3.63, 3.8) is 0 Å². The highest BCUT2D eigenvalue weighted by Gasteiger charge is 2.22. The molecule has 0 spiro atoms. The van der Waals surface area contributed by atoms with E-state index in [1.807, 2.05) is 35.6 Å². The van der Waals surface area contributed by atoms with Crippen LogP contribution < -0.4 is 0 Å². The Bertz CT molecular complexity index is 2070. The van der Waals surface area contributed by atoms with Gasteiger partial charge in [-0.1, -0.05) is 116 Å². The number of hydrogen-bond acceptors (Lipinski definition) is 3. The van der Waals surface area contributed by atoms with E-state index in [4.69, 9.17) is 9.97 Å². The average Bonchev–Trinajstić information content (AvgIpc) is 3.43. The van der Waals surface area contributed by atoms with E-state index >= 15 is 0 Å². The van der Waals surface area contributed by atoms with Gasteiger partial charge in [0.15, 0.2) is 5.82 Å². The molecule has 0 saturated carbocycles. The van der Waals surface area contributed by atoms with Gasteiger partial charge in [0.2, 0.25) is 0 Å². The Kier molecular flexibility index (Phi) is 6.05. The summed E-state index contributed by atoms with van der Waals surface area (Å²) in [5, 5.41) is 2.53. The third-order valence-electron chi connectivity index (χ3n) is 8.19. The summed E-state index contributed by atoms with van der Waals surface area (Å²) in [6.07, 6.45) is 3.52. The third kappa shape index (κ3) is 4.34. The van der Waals surface area contributed by atoms with Gasteiger partial charge in [-0.25, -0.2) is 9.97 Å². The van der Waals surface area contributed by atoms with Crippen LogP contribution in [0.5, 0.6) is 0 Å². The maximum atomic E-state index is 5.26. The molecule has 0 aliphatic heterocycles. The summed E-state index contributed by atoms with van der Waals surface area (Å²) < 4.78 is 2.57. The van der Waals surface area contributed by atoms with Crippen LogP contribution in [0.15, 0.2) is 133 Å². The van der Waals surface area contributed by atoms with Gasteiger partial charge in [-0.3, -0.25) is 0 Å². The zero-order valence-electron chi connectivity index (χ0n) is 23.3. The zero-order chi connectivity index (χ0) is 28.0. The number of nitrogens with zero attached hydrogens (tertiary/aromatic N) is 2. The summed E-state index contributed by atoms with van der Waals surface area (Å²) in [5.41, 5.74) is 10.4. The van der Waals surface area contributed by atoms with E-state index in [1.165, 1.54) is 42.4 Å². The second kappa shape index (κ2) is 10.2. The molecule has 1 atom stereocenters. The fraction of sp³-hybridized carbons (Fsp3) is 0.0769. The molecule has 200 valence electrons.